The largest absolute Gasteiger partial charge is 0.385 e. The number of nitrogens with zero attached hydrogens (tertiary/aromatic N) is 3. The lowest BCUT2D eigenvalue weighted by atomic mass is 9.92. The third-order valence-corrected chi connectivity index (χ3v) is 4.18. The molecule has 0 spiro atoms. The van der Waals surface area contributed by atoms with E-state index in [1.54, 1.807) is 13.1 Å². The van der Waals surface area contributed by atoms with Crippen molar-refractivity contribution < 1.29 is 9.63 Å². The van der Waals surface area contributed by atoms with Gasteiger partial charge in [-0.3, -0.25) is 4.79 Å². The lowest BCUT2D eigenvalue weighted by Gasteiger charge is -2.20. The van der Waals surface area contributed by atoms with Gasteiger partial charge in [0.2, 0.25) is 0 Å². The van der Waals surface area contributed by atoms with Crippen molar-refractivity contribution in [2.24, 2.45) is 12.2 Å². The van der Waals surface area contributed by atoms with E-state index in [2.05, 4.69) is 55.3 Å². The predicted molar refractivity (Wildman–Crippen MR) is 105 cm³/mol. The molecule has 6 heteroatoms. The minimum absolute atomic E-state index is 0.147. The highest BCUT2D eigenvalue weighted by Gasteiger charge is 2.16. The van der Waals surface area contributed by atoms with E-state index in [0.29, 0.717) is 23.4 Å². The molecule has 2 aromatic rings. The Hall–Kier alpha value is -2.63. The number of rotatable bonds is 7. The molecule has 0 aliphatic rings. The van der Waals surface area contributed by atoms with Crippen LogP contribution in [0.4, 0.5) is 5.69 Å². The molecular formula is C20H28N4O2. The van der Waals surface area contributed by atoms with E-state index >= 15 is 0 Å². The molecule has 0 bridgehead atoms. The number of hydrogen-bond donors (Lipinski definition) is 1. The number of amides is 1. The highest BCUT2D eigenvalue weighted by atomic mass is 16.6. The molecule has 140 valence electrons. The molecule has 0 radical (unpaired) electrons. The summed E-state index contributed by atoms with van der Waals surface area (Å²) in [5.74, 6) is 1.11. The molecule has 0 aliphatic heterocycles. The molecule has 0 saturated carbocycles. The summed E-state index contributed by atoms with van der Waals surface area (Å²) in [4.78, 5) is 21.8. The summed E-state index contributed by atoms with van der Waals surface area (Å²) in [6.07, 6.45) is 3.52. The van der Waals surface area contributed by atoms with Crippen LogP contribution in [0.5, 0.6) is 0 Å². The van der Waals surface area contributed by atoms with Gasteiger partial charge in [0.15, 0.2) is 12.4 Å². The van der Waals surface area contributed by atoms with Gasteiger partial charge in [-0.05, 0) is 29.9 Å². The summed E-state index contributed by atoms with van der Waals surface area (Å²) in [5.41, 5.74) is 3.75. The fraction of sp³-hybridized carbons (Fsp3) is 0.450. The van der Waals surface area contributed by atoms with E-state index in [1.807, 2.05) is 23.9 Å². The van der Waals surface area contributed by atoms with E-state index in [4.69, 9.17) is 4.84 Å². The van der Waals surface area contributed by atoms with Crippen molar-refractivity contribution in [2.45, 2.75) is 46.5 Å². The number of imidazole rings is 1. The standard InChI is InChI=1S/C20H28N4O2/c1-13(2)16-8-7-9-17(14(3)4)19(16)22-18(25)12-26-23-15(5)20-21-10-11-24(20)6/h7-11,13-14H,12H2,1-6H3,(H,22,25)/b23-15+. The summed E-state index contributed by atoms with van der Waals surface area (Å²) in [6, 6.07) is 6.14. The number of oxime groups is 1. The Bertz CT molecular complexity index is 765. The first-order valence-corrected chi connectivity index (χ1v) is 8.88. The summed E-state index contributed by atoms with van der Waals surface area (Å²) in [7, 11) is 1.88. The van der Waals surface area contributed by atoms with Crippen LogP contribution >= 0.6 is 0 Å². The molecule has 0 fully saturated rings. The van der Waals surface area contributed by atoms with Gasteiger partial charge in [0.25, 0.3) is 5.91 Å². The number of aryl methyl sites for hydroxylation is 1. The van der Waals surface area contributed by atoms with Crippen LogP contribution < -0.4 is 5.32 Å². The van der Waals surface area contributed by atoms with Crippen molar-refractivity contribution in [3.63, 3.8) is 0 Å². The Morgan fingerprint density at radius 3 is 2.35 bits per heavy atom. The minimum atomic E-state index is -0.226. The second-order valence-corrected chi connectivity index (χ2v) is 6.98. The SMILES string of the molecule is C/C(=N\OCC(=O)Nc1c(C(C)C)cccc1C(C)C)c1nccn1C. The van der Waals surface area contributed by atoms with Crippen molar-refractivity contribution in [3.8, 4) is 0 Å². The highest BCUT2D eigenvalue weighted by molar-refractivity contribution is 5.95. The lowest BCUT2D eigenvalue weighted by Crippen LogP contribution is -2.20. The molecule has 1 aromatic heterocycles. The number of anilines is 1. The quantitative estimate of drug-likeness (QED) is 0.601. The first-order valence-electron chi connectivity index (χ1n) is 8.88. The summed E-state index contributed by atoms with van der Waals surface area (Å²) in [5, 5.41) is 7.00. The van der Waals surface area contributed by atoms with E-state index in [-0.39, 0.29) is 12.5 Å². The van der Waals surface area contributed by atoms with Crippen LogP contribution in [0.25, 0.3) is 0 Å². The van der Waals surface area contributed by atoms with Crippen LogP contribution in [0.1, 0.15) is 63.4 Å². The van der Waals surface area contributed by atoms with Crippen LogP contribution in [-0.4, -0.2) is 27.8 Å². The van der Waals surface area contributed by atoms with Crippen molar-refractivity contribution in [3.05, 3.63) is 47.5 Å². The third kappa shape index (κ3) is 4.71. The smallest absolute Gasteiger partial charge is 0.265 e. The van der Waals surface area contributed by atoms with Crippen LogP contribution in [-0.2, 0) is 16.7 Å². The van der Waals surface area contributed by atoms with Crippen LogP contribution in [0.2, 0.25) is 0 Å². The Labute approximate surface area is 155 Å². The molecule has 2 rings (SSSR count). The molecular weight excluding hydrogens is 328 g/mol. The van der Waals surface area contributed by atoms with Gasteiger partial charge < -0.3 is 14.7 Å². The number of hydrogen-bond acceptors (Lipinski definition) is 4. The zero-order valence-electron chi connectivity index (χ0n) is 16.4. The van der Waals surface area contributed by atoms with Gasteiger partial charge in [-0.2, -0.15) is 0 Å². The van der Waals surface area contributed by atoms with Gasteiger partial charge in [-0.25, -0.2) is 4.98 Å². The molecule has 1 aromatic carbocycles. The van der Waals surface area contributed by atoms with Crippen molar-refractivity contribution in [2.75, 3.05) is 11.9 Å². The Morgan fingerprint density at radius 1 is 1.23 bits per heavy atom. The molecule has 1 N–H and O–H groups in total. The Kier molecular flexibility index (Phi) is 6.55. The second kappa shape index (κ2) is 8.65. The molecule has 0 unspecified atom stereocenters. The van der Waals surface area contributed by atoms with E-state index < -0.39 is 0 Å². The highest BCUT2D eigenvalue weighted by Crippen LogP contribution is 2.32. The van der Waals surface area contributed by atoms with Gasteiger partial charge in [-0.1, -0.05) is 51.0 Å². The zero-order valence-corrected chi connectivity index (χ0v) is 16.4. The second-order valence-electron chi connectivity index (χ2n) is 6.98. The van der Waals surface area contributed by atoms with Crippen molar-refractivity contribution in [1.82, 2.24) is 9.55 Å². The number of carbonyl (C=O) groups is 1. The fourth-order valence-electron chi connectivity index (χ4n) is 2.81. The number of carbonyl (C=O) groups excluding carboxylic acids is 1. The summed E-state index contributed by atoms with van der Waals surface area (Å²) in [6.45, 7) is 10.1. The molecule has 1 amide bonds. The van der Waals surface area contributed by atoms with Gasteiger partial charge in [0.05, 0.1) is 0 Å². The van der Waals surface area contributed by atoms with Crippen LogP contribution in [0.3, 0.4) is 0 Å². The summed E-state index contributed by atoms with van der Waals surface area (Å²) >= 11 is 0. The van der Waals surface area contributed by atoms with Crippen LogP contribution in [0.15, 0.2) is 35.7 Å². The number of benzene rings is 1. The minimum Gasteiger partial charge on any atom is -0.385 e. The normalized spacial score (nSPS) is 11.9. The molecule has 6 nitrogen and oxygen atoms in total. The molecule has 0 aliphatic carbocycles. The first kappa shape index (κ1) is 19.7. The maximum absolute atomic E-state index is 12.4. The Morgan fingerprint density at radius 2 is 1.85 bits per heavy atom. The average Bonchev–Trinajstić information content (AvgIpc) is 3.00. The predicted octanol–water partition coefficient (Wildman–Crippen LogP) is 4.05. The number of nitrogens with one attached hydrogen (secondary N) is 1. The van der Waals surface area contributed by atoms with Gasteiger partial charge in [0.1, 0.15) is 5.71 Å². The Balaban J connectivity index is 2.07. The van der Waals surface area contributed by atoms with Gasteiger partial charge >= 0.3 is 0 Å². The van der Waals surface area contributed by atoms with Crippen molar-refractivity contribution in [1.29, 1.82) is 0 Å². The number of aromatic nitrogens is 2. The third-order valence-electron chi connectivity index (χ3n) is 4.18. The molecule has 0 saturated heterocycles. The monoisotopic (exact) mass is 356 g/mol. The van der Waals surface area contributed by atoms with E-state index in [9.17, 15) is 4.79 Å². The molecule has 26 heavy (non-hydrogen) atoms. The average molecular weight is 356 g/mol. The van der Waals surface area contributed by atoms with Crippen LogP contribution in [0, 0.1) is 0 Å². The number of para-hydroxylation sites is 1. The zero-order chi connectivity index (χ0) is 19.3. The molecule has 0 atom stereocenters. The summed E-state index contributed by atoms with van der Waals surface area (Å²) < 4.78 is 1.84. The maximum Gasteiger partial charge on any atom is 0.265 e. The van der Waals surface area contributed by atoms with Crippen molar-refractivity contribution >= 4 is 17.3 Å². The lowest BCUT2D eigenvalue weighted by molar-refractivity contribution is -0.120. The maximum atomic E-state index is 12.4. The molecule has 1 heterocycles. The van der Waals surface area contributed by atoms with Gasteiger partial charge in [-0.15, -0.1) is 0 Å². The fourth-order valence-corrected chi connectivity index (χ4v) is 2.81. The first-order chi connectivity index (χ1) is 12.3. The van der Waals surface area contributed by atoms with Gasteiger partial charge in [0, 0.05) is 25.1 Å². The van der Waals surface area contributed by atoms with E-state index in [1.165, 1.54) is 0 Å². The van der Waals surface area contributed by atoms with E-state index in [0.717, 1.165) is 16.8 Å². The topological polar surface area (TPSA) is 68.5 Å².